The molecule has 4 N–H and O–H groups in total. The Hall–Kier alpha value is 1.21. The van der Waals surface area contributed by atoms with Gasteiger partial charge in [0.2, 0.25) is 0 Å². The molecule has 0 aromatic carbocycles. The maximum absolute atomic E-state index is 0. The molecule has 4 heteroatoms. The van der Waals surface area contributed by atoms with E-state index in [0.717, 1.165) is 0 Å². The van der Waals surface area contributed by atoms with Gasteiger partial charge in [0.05, 0.1) is 0 Å². The van der Waals surface area contributed by atoms with Gasteiger partial charge in [0.15, 0.2) is 0 Å². The van der Waals surface area contributed by atoms with Gasteiger partial charge in [-0.2, -0.15) is 13.5 Å². The Morgan fingerprint density at radius 3 is 0.750 bits per heavy atom. The molecule has 2 nitrogen and oxygen atoms in total. The van der Waals surface area contributed by atoms with E-state index in [1.54, 1.807) is 0 Å². The molecule has 0 heterocycles. The summed E-state index contributed by atoms with van der Waals surface area (Å²) in [5.74, 6) is 0. The Kier molecular flexibility index (Phi) is 471. The van der Waals surface area contributed by atoms with Gasteiger partial charge in [-0.3, -0.25) is 0 Å². The van der Waals surface area contributed by atoms with Gasteiger partial charge in [0.1, 0.15) is 0 Å². The van der Waals surface area contributed by atoms with Crippen LogP contribution in [0.1, 0.15) is 0 Å². The predicted molar refractivity (Wildman–Crippen MR) is 17.6 cm³/mol. The second-order valence-corrected chi connectivity index (χ2v) is 0. The van der Waals surface area contributed by atoms with E-state index in [2.05, 4.69) is 0 Å². The van der Waals surface area contributed by atoms with Crippen molar-refractivity contribution in [3.05, 3.63) is 0 Å². The Morgan fingerprint density at radius 1 is 0.750 bits per heavy atom. The summed E-state index contributed by atoms with van der Waals surface area (Å²) in [4.78, 5) is 0. The second-order valence-electron chi connectivity index (χ2n) is 0. The molecule has 0 unspecified atom stereocenters. The van der Waals surface area contributed by atoms with Crippen LogP contribution in [-0.4, -0.2) is 11.0 Å². The first-order valence-corrected chi connectivity index (χ1v) is 0. The van der Waals surface area contributed by atoms with Crippen LogP contribution >= 0.6 is 13.5 Å². The fourth-order valence-corrected chi connectivity index (χ4v) is 0. The summed E-state index contributed by atoms with van der Waals surface area (Å²) < 4.78 is 0. The van der Waals surface area contributed by atoms with Crippen LogP contribution in [0.3, 0.4) is 0 Å². The van der Waals surface area contributed by atoms with Gasteiger partial charge in [0.25, 0.3) is 0 Å². The summed E-state index contributed by atoms with van der Waals surface area (Å²) in [7, 11) is 0. The molecule has 26 valence electrons. The minimum atomic E-state index is 0. The summed E-state index contributed by atoms with van der Waals surface area (Å²) in [5, 5.41) is 0. The molecule has 0 aromatic rings. The maximum atomic E-state index is 0. The molecule has 0 saturated heterocycles. The average molecular weight is 271 g/mol. The monoisotopic (exact) mass is 272 g/mol. The molecule has 0 spiro atoms. The molecule has 0 aliphatic heterocycles. The topological polar surface area (TPSA) is 63.0 Å². The van der Waals surface area contributed by atoms with Crippen LogP contribution in [0.5, 0.6) is 0 Å². The smallest absolute Gasteiger partial charge is 0 e. The minimum Gasteiger partial charge on any atom is -0.412 e. The summed E-state index contributed by atoms with van der Waals surface area (Å²) in [6, 6.07) is 0. The molecule has 0 saturated carbocycles. The maximum Gasteiger partial charge on any atom is 0 e. The standard InChI is InChI=1S/Hg.2H2O.H2S/h;3*1H2. The minimum absolute atomic E-state index is 0. The van der Waals surface area contributed by atoms with Crippen molar-refractivity contribution in [3.63, 3.8) is 0 Å². The van der Waals surface area contributed by atoms with Crippen molar-refractivity contribution in [2.45, 2.75) is 0 Å². The zero-order chi connectivity index (χ0) is 0. The largest absolute Gasteiger partial charge is 0.412 e. The molecule has 0 fully saturated rings. The van der Waals surface area contributed by atoms with Crippen molar-refractivity contribution in [2.24, 2.45) is 0 Å². The van der Waals surface area contributed by atoms with E-state index < -0.39 is 0 Å². The fraction of sp³-hybridized carbons (Fsp3) is 0. The molecule has 0 aliphatic rings. The van der Waals surface area contributed by atoms with Crippen LogP contribution in [0, 0.1) is 0 Å². The molecule has 0 aliphatic carbocycles. The summed E-state index contributed by atoms with van der Waals surface area (Å²) in [6.45, 7) is 0. The van der Waals surface area contributed by atoms with Gasteiger partial charge in [0, 0.05) is 27.7 Å². The van der Waals surface area contributed by atoms with Crippen LogP contribution in [0.4, 0.5) is 0 Å². The summed E-state index contributed by atoms with van der Waals surface area (Å²) in [5.41, 5.74) is 0. The van der Waals surface area contributed by atoms with Gasteiger partial charge < -0.3 is 11.0 Å². The molecule has 4 heavy (non-hydrogen) atoms. The first-order valence-electron chi connectivity index (χ1n) is 0. The van der Waals surface area contributed by atoms with E-state index in [9.17, 15) is 0 Å². The first kappa shape index (κ1) is 63.4. The second kappa shape index (κ2) is 29.7. The molecule has 0 radical (unpaired) electrons. The Bertz CT molecular complexity index is 6.00. The third-order valence-electron chi connectivity index (χ3n) is 0. The van der Waals surface area contributed by atoms with Crippen LogP contribution in [0.15, 0.2) is 0 Å². The van der Waals surface area contributed by atoms with Crippen molar-refractivity contribution < 1.29 is 38.6 Å². The molecule has 0 amide bonds. The number of rotatable bonds is 0. The number of hydrogen-bond acceptors (Lipinski definition) is 0. The summed E-state index contributed by atoms with van der Waals surface area (Å²) >= 11 is 0. The van der Waals surface area contributed by atoms with E-state index in [4.69, 9.17) is 0 Å². The molecule has 0 aromatic heterocycles. The molecule has 0 atom stereocenters. The van der Waals surface area contributed by atoms with Crippen LogP contribution in [0.2, 0.25) is 0 Å². The van der Waals surface area contributed by atoms with Crippen molar-refractivity contribution in [2.75, 3.05) is 0 Å². The Balaban J connectivity index is 0. The quantitative estimate of drug-likeness (QED) is 0.479. The zero-order valence-electron chi connectivity index (χ0n) is 2.21. The molecular formula is H6HgO2S. The Labute approximate surface area is 52.2 Å². The van der Waals surface area contributed by atoms with Gasteiger partial charge in [-0.25, -0.2) is 0 Å². The van der Waals surface area contributed by atoms with E-state index in [1.165, 1.54) is 0 Å². The third kappa shape index (κ3) is 10.7. The average Bonchev–Trinajstić information content (AvgIpc) is 0. The van der Waals surface area contributed by atoms with Crippen molar-refractivity contribution >= 4 is 13.5 Å². The molecule has 0 rings (SSSR count). The molecule has 0 bridgehead atoms. The number of hydrogen-bond donors (Lipinski definition) is 0. The fourth-order valence-electron chi connectivity index (χ4n) is 0. The zero-order valence-corrected chi connectivity index (χ0v) is 8.70. The van der Waals surface area contributed by atoms with Crippen molar-refractivity contribution in [3.8, 4) is 0 Å². The van der Waals surface area contributed by atoms with Gasteiger partial charge in [-0.15, -0.1) is 0 Å². The predicted octanol–water partition coefficient (Wildman–Crippen LogP) is -1.54. The third-order valence-corrected chi connectivity index (χ3v) is 0. The van der Waals surface area contributed by atoms with E-state index in [1.807, 2.05) is 0 Å². The first-order chi connectivity index (χ1) is 0. The van der Waals surface area contributed by atoms with Crippen LogP contribution in [0.25, 0.3) is 0 Å². The van der Waals surface area contributed by atoms with Crippen molar-refractivity contribution in [1.82, 2.24) is 0 Å². The summed E-state index contributed by atoms with van der Waals surface area (Å²) in [6.07, 6.45) is 0. The molecular weight excluding hydrogens is 265 g/mol. The SMILES string of the molecule is O.O.S.[Hg]. The normalized spacial score (nSPS) is 0. The van der Waals surface area contributed by atoms with Crippen LogP contribution < -0.4 is 0 Å². The van der Waals surface area contributed by atoms with Crippen LogP contribution in [-0.2, 0) is 27.7 Å². The van der Waals surface area contributed by atoms with E-state index >= 15 is 0 Å². The van der Waals surface area contributed by atoms with E-state index in [0.29, 0.717) is 0 Å². The Morgan fingerprint density at radius 2 is 0.750 bits per heavy atom. The van der Waals surface area contributed by atoms with Gasteiger partial charge in [-0.1, -0.05) is 0 Å². The van der Waals surface area contributed by atoms with Gasteiger partial charge >= 0.3 is 0 Å². The van der Waals surface area contributed by atoms with Gasteiger partial charge in [-0.05, 0) is 0 Å². The van der Waals surface area contributed by atoms with E-state index in [-0.39, 0.29) is 52.1 Å². The van der Waals surface area contributed by atoms with Crippen molar-refractivity contribution in [1.29, 1.82) is 0 Å².